The van der Waals surface area contributed by atoms with Crippen LogP contribution in [0.25, 0.3) is 0 Å². The topological polar surface area (TPSA) is 155 Å². The maximum absolute atomic E-state index is 12.9. The minimum Gasteiger partial charge on any atom is -0.462 e. The summed E-state index contributed by atoms with van der Waals surface area (Å²) in [4.78, 5) is 48.7. The molecule has 0 aromatic heterocycles. The van der Waals surface area contributed by atoms with E-state index in [0.29, 0.717) is 19.3 Å². The first-order valence-corrected chi connectivity index (χ1v) is 33.0. The van der Waals surface area contributed by atoms with Crippen LogP contribution in [-0.4, -0.2) is 66.5 Å². The van der Waals surface area contributed by atoms with Crippen molar-refractivity contribution < 1.29 is 52.2 Å². The van der Waals surface area contributed by atoms with Gasteiger partial charge in [0.25, 0.3) is 0 Å². The lowest BCUT2D eigenvalue weighted by Crippen LogP contribution is -2.30. The molecule has 0 bridgehead atoms. The normalized spacial score (nSPS) is 13.6. The summed E-state index contributed by atoms with van der Waals surface area (Å²) in [7, 11) is -4.76. The third-order valence-electron chi connectivity index (χ3n) is 13.8. The predicted octanol–water partition coefficient (Wildman–Crippen LogP) is 18.9. The Kier molecular flexibility index (Phi) is 56.6. The van der Waals surface area contributed by atoms with E-state index in [1.165, 1.54) is 167 Å². The number of aliphatic hydroxyl groups excluding tert-OH is 1. The average molecular weight is 1090 g/mol. The fraction of sp³-hybridized carbons (Fsp3) is 0.828. The van der Waals surface area contributed by atoms with Crippen molar-refractivity contribution in [3.63, 3.8) is 0 Å². The Bertz CT molecular complexity index is 1460. The summed E-state index contributed by atoms with van der Waals surface area (Å²) in [5.41, 5.74) is 0. The number of esters is 3. The molecule has 0 aromatic rings. The highest BCUT2D eigenvalue weighted by Gasteiger charge is 2.28. The molecule has 0 aromatic carbocycles. The van der Waals surface area contributed by atoms with Crippen LogP contribution < -0.4 is 0 Å². The minimum atomic E-state index is -4.76. The molecule has 0 aliphatic rings. The molecule has 0 amide bonds. The summed E-state index contributed by atoms with van der Waals surface area (Å²) >= 11 is 0. The Hall–Kier alpha value is -2.56. The maximum atomic E-state index is 12.9. The molecular weight excluding hydrogens is 976 g/mol. The Balaban J connectivity index is 4.69. The van der Waals surface area contributed by atoms with Crippen molar-refractivity contribution >= 4 is 25.7 Å². The maximum Gasteiger partial charge on any atom is 0.472 e. The number of unbranched alkanes of at least 4 members (excludes halogenated alkanes) is 34. The lowest BCUT2D eigenvalue weighted by molar-refractivity contribution is -0.161. The van der Waals surface area contributed by atoms with Crippen molar-refractivity contribution in [2.75, 3.05) is 26.4 Å². The molecule has 0 aliphatic heterocycles. The lowest BCUT2D eigenvalue weighted by Gasteiger charge is -2.21. The zero-order valence-electron chi connectivity index (χ0n) is 49.2. The summed E-state index contributed by atoms with van der Waals surface area (Å²) in [6, 6.07) is 0. The Labute approximate surface area is 466 Å². The Morgan fingerprint density at radius 2 is 0.684 bits per heavy atom. The van der Waals surface area contributed by atoms with Gasteiger partial charge in [0.05, 0.1) is 19.8 Å². The number of carbonyl (C=O) groups is 3. The molecule has 0 heterocycles. The van der Waals surface area contributed by atoms with Gasteiger partial charge < -0.3 is 24.2 Å². The summed E-state index contributed by atoms with van der Waals surface area (Å²) in [5, 5.41) is 9.84. The molecular formula is C64H117O11P. The first-order chi connectivity index (χ1) is 37.2. The first-order valence-electron chi connectivity index (χ1n) is 31.5. The Morgan fingerprint density at radius 3 is 1.05 bits per heavy atom. The highest BCUT2D eigenvalue weighted by molar-refractivity contribution is 7.47. The molecule has 3 unspecified atom stereocenters. The molecule has 12 heteroatoms. The van der Waals surface area contributed by atoms with Gasteiger partial charge in [-0.2, -0.15) is 0 Å². The van der Waals surface area contributed by atoms with Crippen LogP contribution in [0.2, 0.25) is 0 Å². The fourth-order valence-electron chi connectivity index (χ4n) is 9.00. The van der Waals surface area contributed by atoms with Crippen molar-refractivity contribution in [3.05, 3.63) is 48.6 Å². The molecule has 3 atom stereocenters. The van der Waals surface area contributed by atoms with E-state index < -0.39 is 57.8 Å². The molecule has 76 heavy (non-hydrogen) atoms. The average Bonchev–Trinajstić information content (AvgIpc) is 3.41. The van der Waals surface area contributed by atoms with Crippen LogP contribution in [0.5, 0.6) is 0 Å². The number of allylic oxidation sites excluding steroid dienone is 8. The van der Waals surface area contributed by atoms with E-state index in [9.17, 15) is 28.9 Å². The number of aliphatic hydroxyl groups is 1. The van der Waals surface area contributed by atoms with E-state index in [-0.39, 0.29) is 25.9 Å². The molecule has 2 N–H and O–H groups in total. The second-order valence-corrected chi connectivity index (χ2v) is 22.7. The zero-order valence-corrected chi connectivity index (χ0v) is 50.1. The van der Waals surface area contributed by atoms with Crippen LogP contribution in [0.1, 0.15) is 303 Å². The van der Waals surface area contributed by atoms with Crippen LogP contribution in [0.4, 0.5) is 0 Å². The second kappa shape index (κ2) is 58.6. The van der Waals surface area contributed by atoms with E-state index >= 15 is 0 Å². The standard InChI is InChI=1S/C64H117O11P/c1-4-7-10-13-16-19-22-25-28-29-30-31-34-35-38-41-44-47-50-53-62(66)71-57-61(75-64(68)55-52-49-46-43-40-37-33-27-24-21-18-15-12-9-6-3)59-73-76(69,70)72-58-60(56-65)74-63(67)54-51-48-45-42-39-36-32-26-23-20-17-14-11-8-5-2/h9,12,18,21,27,33,40,43,60-61,65H,4-8,10-11,13-17,19-20,22-26,28-32,34-39,41-42,44-59H2,1-3H3,(H,69,70)/b12-9-,21-18-,33-27-,43-40-. The van der Waals surface area contributed by atoms with Gasteiger partial charge in [-0.1, -0.05) is 275 Å². The smallest absolute Gasteiger partial charge is 0.462 e. The molecule has 0 radical (unpaired) electrons. The van der Waals surface area contributed by atoms with Crippen LogP contribution >= 0.6 is 7.82 Å². The van der Waals surface area contributed by atoms with Crippen LogP contribution in [0.15, 0.2) is 48.6 Å². The van der Waals surface area contributed by atoms with Crippen LogP contribution in [0, 0.1) is 0 Å². The fourth-order valence-corrected chi connectivity index (χ4v) is 9.78. The highest BCUT2D eigenvalue weighted by atomic mass is 31.2. The van der Waals surface area contributed by atoms with Gasteiger partial charge >= 0.3 is 25.7 Å². The van der Waals surface area contributed by atoms with Gasteiger partial charge in [-0.15, -0.1) is 0 Å². The summed E-state index contributed by atoms with van der Waals surface area (Å²) in [5.74, 6) is -1.49. The van der Waals surface area contributed by atoms with Gasteiger partial charge in [-0.25, -0.2) is 4.57 Å². The molecule has 0 rings (SSSR count). The van der Waals surface area contributed by atoms with Gasteiger partial charge in [0, 0.05) is 19.3 Å². The quantitative estimate of drug-likeness (QED) is 0.0197. The van der Waals surface area contributed by atoms with Crippen molar-refractivity contribution in [3.8, 4) is 0 Å². The third kappa shape index (κ3) is 56.2. The minimum absolute atomic E-state index is 0.119. The molecule has 0 spiro atoms. The van der Waals surface area contributed by atoms with E-state index in [1.807, 2.05) is 0 Å². The third-order valence-corrected chi connectivity index (χ3v) is 14.7. The summed E-state index contributed by atoms with van der Waals surface area (Å²) in [6.45, 7) is 4.55. The highest BCUT2D eigenvalue weighted by Crippen LogP contribution is 2.43. The molecule has 11 nitrogen and oxygen atoms in total. The number of hydrogen-bond donors (Lipinski definition) is 2. The molecule has 0 fully saturated rings. The van der Waals surface area contributed by atoms with Crippen LogP contribution in [-0.2, 0) is 42.2 Å². The first kappa shape index (κ1) is 73.4. The summed E-state index contributed by atoms with van der Waals surface area (Å²) in [6.07, 6.45) is 63.6. The van der Waals surface area contributed by atoms with E-state index in [0.717, 1.165) is 77.0 Å². The molecule has 0 aliphatic carbocycles. The van der Waals surface area contributed by atoms with Gasteiger partial charge in [-0.3, -0.25) is 23.4 Å². The van der Waals surface area contributed by atoms with E-state index in [2.05, 4.69) is 69.4 Å². The number of ether oxygens (including phenoxy) is 3. The number of rotatable bonds is 59. The predicted molar refractivity (Wildman–Crippen MR) is 316 cm³/mol. The van der Waals surface area contributed by atoms with Crippen molar-refractivity contribution in [2.24, 2.45) is 0 Å². The number of carbonyl (C=O) groups excluding carboxylic acids is 3. The number of phosphoric ester groups is 1. The second-order valence-electron chi connectivity index (χ2n) is 21.2. The lowest BCUT2D eigenvalue weighted by atomic mass is 10.0. The largest absolute Gasteiger partial charge is 0.472 e. The molecule has 444 valence electrons. The summed E-state index contributed by atoms with van der Waals surface area (Å²) < 4.78 is 39.6. The zero-order chi connectivity index (χ0) is 55.5. The van der Waals surface area contributed by atoms with Crippen molar-refractivity contribution in [1.29, 1.82) is 0 Å². The van der Waals surface area contributed by atoms with E-state index in [4.69, 9.17) is 23.3 Å². The van der Waals surface area contributed by atoms with Crippen molar-refractivity contribution in [2.45, 2.75) is 315 Å². The van der Waals surface area contributed by atoms with Gasteiger partial charge in [0.2, 0.25) is 0 Å². The van der Waals surface area contributed by atoms with Crippen LogP contribution in [0.3, 0.4) is 0 Å². The number of phosphoric acid groups is 1. The SMILES string of the molecule is CC/C=C\C/C=C\C/C=C\C/C=C\CCCCC(=O)OC(COC(=O)CCCCCCCCCCCCCCCCCCCCC)COP(=O)(O)OCC(CO)OC(=O)CCCCCCCCCCCCCCCCC. The van der Waals surface area contributed by atoms with Gasteiger partial charge in [0.1, 0.15) is 12.7 Å². The number of hydrogen-bond acceptors (Lipinski definition) is 10. The van der Waals surface area contributed by atoms with Gasteiger partial charge in [-0.05, 0) is 57.8 Å². The molecule has 0 saturated heterocycles. The van der Waals surface area contributed by atoms with E-state index in [1.54, 1.807) is 0 Å². The van der Waals surface area contributed by atoms with Gasteiger partial charge in [0.15, 0.2) is 6.10 Å². The molecule has 0 saturated carbocycles. The van der Waals surface area contributed by atoms with Crippen molar-refractivity contribution in [1.82, 2.24) is 0 Å². The Morgan fingerprint density at radius 1 is 0.382 bits per heavy atom. The monoisotopic (exact) mass is 1090 g/mol.